The summed E-state index contributed by atoms with van der Waals surface area (Å²) in [5.74, 6) is 0.270. The van der Waals surface area contributed by atoms with E-state index in [0.717, 1.165) is 18.5 Å². The number of sulfonamides is 1. The summed E-state index contributed by atoms with van der Waals surface area (Å²) in [7, 11) is -0.323. The molecule has 2 rings (SSSR count). The average Bonchev–Trinajstić information content (AvgIpc) is 2.55. The number of nitrogens with zero attached hydrogens (tertiary/aromatic N) is 1. The molecule has 2 aromatic rings. The first-order chi connectivity index (χ1) is 11.3. The van der Waals surface area contributed by atoms with Crippen LogP contribution in [0.15, 0.2) is 53.4 Å². The van der Waals surface area contributed by atoms with Crippen molar-refractivity contribution in [3.8, 4) is 5.75 Å². The summed E-state index contributed by atoms with van der Waals surface area (Å²) in [6, 6.07) is 15.6. The van der Waals surface area contributed by atoms with E-state index in [1.54, 1.807) is 12.1 Å². The summed E-state index contributed by atoms with van der Waals surface area (Å²) >= 11 is 0. The molecule has 5 nitrogen and oxygen atoms in total. The van der Waals surface area contributed by atoms with Gasteiger partial charge in [-0.05, 0) is 43.7 Å². The Morgan fingerprint density at radius 3 is 2.38 bits per heavy atom. The first-order valence-electron chi connectivity index (χ1n) is 7.75. The minimum absolute atomic E-state index is 0.0282. The first-order valence-corrected chi connectivity index (χ1v) is 9.29. The third-order valence-electron chi connectivity index (χ3n) is 4.09. The third-order valence-corrected chi connectivity index (χ3v) is 5.03. The van der Waals surface area contributed by atoms with Gasteiger partial charge in [0, 0.05) is 12.6 Å². The molecule has 0 fully saturated rings. The van der Waals surface area contributed by atoms with Crippen LogP contribution in [0, 0.1) is 0 Å². The number of nitrogens with two attached hydrogens (primary N) is 1. The molecule has 0 radical (unpaired) electrons. The van der Waals surface area contributed by atoms with E-state index in [-0.39, 0.29) is 16.7 Å². The van der Waals surface area contributed by atoms with Crippen molar-refractivity contribution in [1.29, 1.82) is 0 Å². The van der Waals surface area contributed by atoms with Gasteiger partial charge >= 0.3 is 0 Å². The molecule has 0 aliphatic rings. The molecule has 0 spiro atoms. The van der Waals surface area contributed by atoms with Crippen molar-refractivity contribution in [3.05, 3.63) is 59.7 Å². The average molecular weight is 348 g/mol. The van der Waals surface area contributed by atoms with E-state index in [1.165, 1.54) is 12.7 Å². The zero-order valence-electron chi connectivity index (χ0n) is 14.3. The number of ether oxygens (including phenoxy) is 1. The van der Waals surface area contributed by atoms with E-state index in [4.69, 9.17) is 9.88 Å². The maximum absolute atomic E-state index is 11.7. The molecule has 6 heteroatoms. The first kappa shape index (κ1) is 18.4. The normalized spacial score (nSPS) is 13.0. The molecule has 0 aliphatic carbocycles. The van der Waals surface area contributed by atoms with E-state index in [2.05, 4.69) is 31.0 Å². The fourth-order valence-corrected chi connectivity index (χ4v) is 3.34. The summed E-state index contributed by atoms with van der Waals surface area (Å²) in [6.45, 7) is 2.95. The van der Waals surface area contributed by atoms with Crippen LogP contribution in [0.4, 0.5) is 0 Å². The Kier molecular flexibility index (Phi) is 5.99. The molecule has 1 atom stereocenters. The summed E-state index contributed by atoms with van der Waals surface area (Å²) in [5, 5.41) is 5.28. The van der Waals surface area contributed by atoms with Gasteiger partial charge in [0.25, 0.3) is 0 Å². The molecule has 0 aliphatic heterocycles. The van der Waals surface area contributed by atoms with E-state index >= 15 is 0 Å². The lowest BCUT2D eigenvalue weighted by Gasteiger charge is -2.25. The Hall–Kier alpha value is -1.89. The second-order valence-corrected chi connectivity index (χ2v) is 7.51. The van der Waals surface area contributed by atoms with Crippen LogP contribution >= 0.6 is 0 Å². The molecule has 1 unspecified atom stereocenters. The van der Waals surface area contributed by atoms with Gasteiger partial charge in [-0.2, -0.15) is 0 Å². The predicted octanol–water partition coefficient (Wildman–Crippen LogP) is 2.41. The summed E-state index contributed by atoms with van der Waals surface area (Å²) in [6.07, 6.45) is 0.718. The number of benzene rings is 2. The molecule has 0 amide bonds. The quantitative estimate of drug-likeness (QED) is 0.834. The standard InChI is InChI=1S/C18H24N2O3S/c1-14(20(2)13-15-7-5-4-6-8-15)11-16-9-10-17(23-3)18(12-16)24(19,21)22/h4-10,12,14H,11,13H2,1-3H3,(H2,19,21,22). The van der Waals surface area contributed by atoms with Gasteiger partial charge in [0.2, 0.25) is 10.0 Å². The molecule has 130 valence electrons. The molecule has 0 heterocycles. The van der Waals surface area contributed by atoms with Gasteiger partial charge in [0.05, 0.1) is 7.11 Å². The van der Waals surface area contributed by atoms with Crippen LogP contribution in [0.3, 0.4) is 0 Å². The van der Waals surface area contributed by atoms with Crippen LogP contribution in [0.25, 0.3) is 0 Å². The Morgan fingerprint density at radius 2 is 1.79 bits per heavy atom. The molecular weight excluding hydrogens is 324 g/mol. The number of hydrogen-bond acceptors (Lipinski definition) is 4. The molecular formula is C18H24N2O3S. The molecule has 0 bridgehead atoms. The summed E-state index contributed by atoms with van der Waals surface area (Å²) in [4.78, 5) is 2.26. The van der Waals surface area contributed by atoms with Crippen molar-refractivity contribution in [2.24, 2.45) is 5.14 Å². The van der Waals surface area contributed by atoms with Crippen LogP contribution in [0.5, 0.6) is 5.75 Å². The molecule has 24 heavy (non-hydrogen) atoms. The largest absolute Gasteiger partial charge is 0.495 e. The minimum atomic E-state index is -3.81. The van der Waals surface area contributed by atoms with Crippen LogP contribution in [-0.4, -0.2) is 33.5 Å². The fourth-order valence-electron chi connectivity index (χ4n) is 2.59. The lowest BCUT2D eigenvalue weighted by Crippen LogP contribution is -2.30. The Balaban J connectivity index is 2.12. The summed E-state index contributed by atoms with van der Waals surface area (Å²) in [5.41, 5.74) is 2.15. The molecule has 0 saturated heterocycles. The van der Waals surface area contributed by atoms with Gasteiger partial charge in [0.15, 0.2) is 0 Å². The van der Waals surface area contributed by atoms with E-state index in [9.17, 15) is 8.42 Å². The van der Waals surface area contributed by atoms with Crippen molar-refractivity contribution in [1.82, 2.24) is 4.90 Å². The van der Waals surface area contributed by atoms with Crippen LogP contribution < -0.4 is 9.88 Å². The maximum Gasteiger partial charge on any atom is 0.241 e. The van der Waals surface area contributed by atoms with Crippen molar-refractivity contribution >= 4 is 10.0 Å². The number of rotatable bonds is 7. The van der Waals surface area contributed by atoms with Crippen molar-refractivity contribution in [2.75, 3.05) is 14.2 Å². The number of hydrogen-bond donors (Lipinski definition) is 1. The molecule has 0 saturated carbocycles. The predicted molar refractivity (Wildman–Crippen MR) is 95.4 cm³/mol. The van der Waals surface area contributed by atoms with Crippen molar-refractivity contribution in [3.63, 3.8) is 0 Å². The van der Waals surface area contributed by atoms with Gasteiger partial charge in [-0.25, -0.2) is 13.6 Å². The number of methoxy groups -OCH3 is 1. The minimum Gasteiger partial charge on any atom is -0.495 e. The fraction of sp³-hybridized carbons (Fsp3) is 0.333. The summed E-state index contributed by atoms with van der Waals surface area (Å²) < 4.78 is 28.5. The van der Waals surface area contributed by atoms with Crippen molar-refractivity contribution < 1.29 is 13.2 Å². The van der Waals surface area contributed by atoms with Gasteiger partial charge in [-0.3, -0.25) is 4.90 Å². The number of likely N-dealkylation sites (N-methyl/N-ethyl adjacent to an activating group) is 1. The molecule has 0 aromatic heterocycles. The second kappa shape index (κ2) is 7.79. The van der Waals surface area contributed by atoms with Crippen LogP contribution in [-0.2, 0) is 23.0 Å². The topological polar surface area (TPSA) is 72.6 Å². The second-order valence-electron chi connectivity index (χ2n) is 5.98. The zero-order chi connectivity index (χ0) is 17.7. The smallest absolute Gasteiger partial charge is 0.241 e. The maximum atomic E-state index is 11.7. The Morgan fingerprint density at radius 1 is 1.12 bits per heavy atom. The highest BCUT2D eigenvalue weighted by molar-refractivity contribution is 7.89. The zero-order valence-corrected chi connectivity index (χ0v) is 15.1. The van der Waals surface area contributed by atoms with E-state index in [1.807, 2.05) is 24.3 Å². The molecule has 2 N–H and O–H groups in total. The Labute approximate surface area is 144 Å². The molecule has 2 aromatic carbocycles. The van der Waals surface area contributed by atoms with E-state index in [0.29, 0.717) is 0 Å². The highest BCUT2D eigenvalue weighted by atomic mass is 32.2. The van der Waals surface area contributed by atoms with Gasteiger partial charge < -0.3 is 4.74 Å². The SMILES string of the molecule is COc1ccc(CC(C)N(C)Cc2ccccc2)cc1S(N)(=O)=O. The van der Waals surface area contributed by atoms with Gasteiger partial charge in [-0.15, -0.1) is 0 Å². The van der Waals surface area contributed by atoms with Crippen LogP contribution in [0.2, 0.25) is 0 Å². The lowest BCUT2D eigenvalue weighted by molar-refractivity contribution is 0.248. The lowest BCUT2D eigenvalue weighted by atomic mass is 10.1. The van der Waals surface area contributed by atoms with Gasteiger partial charge in [0.1, 0.15) is 10.6 Å². The van der Waals surface area contributed by atoms with Crippen molar-refractivity contribution in [2.45, 2.75) is 30.8 Å². The monoisotopic (exact) mass is 348 g/mol. The Bertz CT molecular complexity index is 776. The number of primary sulfonamides is 1. The highest BCUT2D eigenvalue weighted by Gasteiger charge is 2.17. The van der Waals surface area contributed by atoms with E-state index < -0.39 is 10.0 Å². The van der Waals surface area contributed by atoms with Gasteiger partial charge in [-0.1, -0.05) is 36.4 Å². The third kappa shape index (κ3) is 4.80. The highest BCUT2D eigenvalue weighted by Crippen LogP contribution is 2.24. The van der Waals surface area contributed by atoms with Crippen LogP contribution in [0.1, 0.15) is 18.1 Å².